The third-order valence-corrected chi connectivity index (χ3v) is 9.53. The lowest BCUT2D eigenvalue weighted by molar-refractivity contribution is 0.123. The van der Waals surface area contributed by atoms with E-state index in [1.165, 1.54) is 5.56 Å². The highest BCUT2D eigenvalue weighted by molar-refractivity contribution is 7.91. The second-order valence-electron chi connectivity index (χ2n) is 11.2. The van der Waals surface area contributed by atoms with Crippen molar-refractivity contribution in [1.29, 1.82) is 0 Å². The van der Waals surface area contributed by atoms with Crippen molar-refractivity contribution in [3.8, 4) is 28.6 Å². The van der Waals surface area contributed by atoms with Crippen molar-refractivity contribution in [2.45, 2.75) is 32.2 Å². The molecule has 0 spiro atoms. The minimum atomic E-state index is -2.91. The minimum Gasteiger partial charge on any atom is -0.439 e. The SMILES string of the molecule is Cn1cc(-n2cc(CCC(C)(C)N3CCS(=O)(=O)CC3)c3ccc(-c4ccc(Oc5ccccn5)cc4)nc32)cn1. The Morgan fingerprint density at radius 3 is 2.44 bits per heavy atom. The number of pyridine rings is 2. The number of sulfone groups is 1. The molecule has 9 nitrogen and oxygen atoms in total. The standard InChI is InChI=1S/C31H34N6O3S/c1-31(2,36-16-18-41(38,39)19-17-36)14-13-24-21-37(25-20-33-35(3)22-25)30-27(24)11-12-28(34-30)23-7-9-26(10-8-23)40-29-6-4-5-15-32-29/h4-12,15,20-22H,13-14,16-19H2,1-3H3. The summed E-state index contributed by atoms with van der Waals surface area (Å²) in [5.41, 5.74) is 4.77. The van der Waals surface area contributed by atoms with Crippen molar-refractivity contribution in [2.75, 3.05) is 24.6 Å². The number of fused-ring (bicyclic) bond motifs is 1. The Bertz CT molecular complexity index is 1760. The zero-order valence-corrected chi connectivity index (χ0v) is 24.4. The van der Waals surface area contributed by atoms with Gasteiger partial charge in [-0.3, -0.25) is 14.1 Å². The molecule has 41 heavy (non-hydrogen) atoms. The van der Waals surface area contributed by atoms with Gasteiger partial charge in [-0.15, -0.1) is 0 Å². The molecule has 0 saturated carbocycles. The number of rotatable bonds is 8. The Balaban J connectivity index is 1.28. The maximum Gasteiger partial charge on any atom is 0.219 e. The van der Waals surface area contributed by atoms with Crippen molar-refractivity contribution in [2.24, 2.45) is 7.05 Å². The van der Waals surface area contributed by atoms with Gasteiger partial charge in [0.15, 0.2) is 9.84 Å². The minimum absolute atomic E-state index is 0.120. The summed E-state index contributed by atoms with van der Waals surface area (Å²) < 4.78 is 33.7. The molecule has 212 valence electrons. The van der Waals surface area contributed by atoms with Crippen molar-refractivity contribution >= 4 is 20.9 Å². The molecule has 1 aromatic carbocycles. The molecule has 0 aliphatic carbocycles. The molecule has 0 bridgehead atoms. The quantitative estimate of drug-likeness (QED) is 0.258. The van der Waals surface area contributed by atoms with Crippen LogP contribution in [0.2, 0.25) is 0 Å². The molecule has 5 heterocycles. The maximum absolute atomic E-state index is 12.0. The van der Waals surface area contributed by atoms with E-state index < -0.39 is 9.84 Å². The molecule has 0 amide bonds. The van der Waals surface area contributed by atoms with Gasteiger partial charge in [-0.1, -0.05) is 6.07 Å². The smallest absolute Gasteiger partial charge is 0.219 e. The van der Waals surface area contributed by atoms with Gasteiger partial charge in [0.1, 0.15) is 11.4 Å². The van der Waals surface area contributed by atoms with Crippen molar-refractivity contribution in [3.63, 3.8) is 0 Å². The van der Waals surface area contributed by atoms with Crippen LogP contribution in [0.5, 0.6) is 11.6 Å². The van der Waals surface area contributed by atoms with E-state index in [0.717, 1.165) is 40.8 Å². The maximum atomic E-state index is 12.0. The average Bonchev–Trinajstić information content (AvgIpc) is 3.55. The molecule has 1 aliphatic rings. The van der Waals surface area contributed by atoms with Crippen LogP contribution in [0.25, 0.3) is 28.0 Å². The van der Waals surface area contributed by atoms with Gasteiger partial charge in [0.2, 0.25) is 5.88 Å². The molecular formula is C31H34N6O3S. The van der Waals surface area contributed by atoms with E-state index in [2.05, 4.69) is 51.7 Å². The number of aryl methyl sites for hydroxylation is 2. The van der Waals surface area contributed by atoms with Gasteiger partial charge in [-0.2, -0.15) is 5.10 Å². The first-order valence-corrected chi connectivity index (χ1v) is 15.6. The number of hydrogen-bond acceptors (Lipinski definition) is 7. The van der Waals surface area contributed by atoms with E-state index in [0.29, 0.717) is 24.7 Å². The summed E-state index contributed by atoms with van der Waals surface area (Å²) >= 11 is 0. The zero-order valence-electron chi connectivity index (χ0n) is 23.6. The normalized spacial score (nSPS) is 15.8. The number of nitrogens with zero attached hydrogens (tertiary/aromatic N) is 6. The van der Waals surface area contributed by atoms with Gasteiger partial charge in [-0.25, -0.2) is 18.4 Å². The Morgan fingerprint density at radius 2 is 1.76 bits per heavy atom. The summed E-state index contributed by atoms with van der Waals surface area (Å²) in [5.74, 6) is 1.73. The Morgan fingerprint density at radius 1 is 0.976 bits per heavy atom. The molecule has 4 aromatic heterocycles. The van der Waals surface area contributed by atoms with E-state index in [9.17, 15) is 8.42 Å². The summed E-state index contributed by atoms with van der Waals surface area (Å²) in [6.07, 6.45) is 9.45. The molecule has 1 saturated heterocycles. The monoisotopic (exact) mass is 570 g/mol. The second kappa shape index (κ2) is 10.8. The third kappa shape index (κ3) is 5.89. The molecular weight excluding hydrogens is 536 g/mol. The van der Waals surface area contributed by atoms with Crippen LogP contribution in [0.3, 0.4) is 0 Å². The molecule has 0 radical (unpaired) electrons. The zero-order chi connectivity index (χ0) is 28.6. The van der Waals surface area contributed by atoms with E-state index >= 15 is 0 Å². The fraction of sp³-hybridized carbons (Fsp3) is 0.323. The van der Waals surface area contributed by atoms with Crippen LogP contribution >= 0.6 is 0 Å². The van der Waals surface area contributed by atoms with Crippen LogP contribution in [0.1, 0.15) is 25.8 Å². The number of hydrogen-bond donors (Lipinski definition) is 0. The summed E-state index contributed by atoms with van der Waals surface area (Å²) in [7, 11) is -1.00. The predicted octanol–water partition coefficient (Wildman–Crippen LogP) is 5.05. The lowest BCUT2D eigenvalue weighted by Gasteiger charge is -2.41. The Kier molecular flexibility index (Phi) is 7.13. The van der Waals surface area contributed by atoms with Gasteiger partial charge < -0.3 is 4.74 Å². The topological polar surface area (TPSA) is 95.1 Å². The number of ether oxygens (including phenoxy) is 1. The molecule has 0 atom stereocenters. The highest BCUT2D eigenvalue weighted by atomic mass is 32.2. The summed E-state index contributed by atoms with van der Waals surface area (Å²) in [4.78, 5) is 11.6. The van der Waals surface area contributed by atoms with Gasteiger partial charge in [0.25, 0.3) is 0 Å². The van der Waals surface area contributed by atoms with Crippen LogP contribution in [0.4, 0.5) is 0 Å². The number of benzene rings is 1. The Hall–Kier alpha value is -4.02. The fourth-order valence-electron chi connectivity index (χ4n) is 5.40. The van der Waals surface area contributed by atoms with Crippen LogP contribution < -0.4 is 4.74 Å². The first kappa shape index (κ1) is 27.2. The van der Waals surface area contributed by atoms with Gasteiger partial charge >= 0.3 is 0 Å². The molecule has 1 aliphatic heterocycles. The third-order valence-electron chi connectivity index (χ3n) is 7.92. The first-order valence-electron chi connectivity index (χ1n) is 13.8. The fourth-order valence-corrected chi connectivity index (χ4v) is 6.60. The van der Waals surface area contributed by atoms with Crippen molar-refractivity contribution < 1.29 is 13.2 Å². The molecule has 5 aromatic rings. The lowest BCUT2D eigenvalue weighted by Crippen LogP contribution is -2.51. The second-order valence-corrected chi connectivity index (χ2v) is 13.5. The van der Waals surface area contributed by atoms with Gasteiger partial charge in [-0.05, 0) is 74.7 Å². The van der Waals surface area contributed by atoms with Crippen LogP contribution in [-0.4, -0.2) is 67.8 Å². The largest absolute Gasteiger partial charge is 0.439 e. The van der Waals surface area contributed by atoms with Crippen LogP contribution in [-0.2, 0) is 23.3 Å². The molecule has 0 unspecified atom stereocenters. The van der Waals surface area contributed by atoms with E-state index in [1.54, 1.807) is 10.9 Å². The summed E-state index contributed by atoms with van der Waals surface area (Å²) in [6, 6.07) is 17.7. The van der Waals surface area contributed by atoms with Crippen molar-refractivity contribution in [1.82, 2.24) is 29.2 Å². The Labute approximate surface area is 240 Å². The highest BCUT2D eigenvalue weighted by Crippen LogP contribution is 2.31. The van der Waals surface area contributed by atoms with Crippen molar-refractivity contribution in [3.05, 3.63) is 84.9 Å². The first-order chi connectivity index (χ1) is 19.7. The van der Waals surface area contributed by atoms with Gasteiger partial charge in [0, 0.05) is 61.3 Å². The highest BCUT2D eigenvalue weighted by Gasteiger charge is 2.32. The van der Waals surface area contributed by atoms with E-state index in [-0.39, 0.29) is 17.0 Å². The van der Waals surface area contributed by atoms with E-state index in [1.807, 2.05) is 61.9 Å². The van der Waals surface area contributed by atoms with Gasteiger partial charge in [0.05, 0.1) is 29.1 Å². The predicted molar refractivity (Wildman–Crippen MR) is 160 cm³/mol. The molecule has 6 rings (SSSR count). The average molecular weight is 571 g/mol. The summed E-state index contributed by atoms with van der Waals surface area (Å²) in [6.45, 7) is 5.60. The number of aromatic nitrogens is 5. The molecule has 1 fully saturated rings. The van der Waals surface area contributed by atoms with Crippen LogP contribution in [0.15, 0.2) is 79.4 Å². The molecule has 0 N–H and O–H groups in total. The summed E-state index contributed by atoms with van der Waals surface area (Å²) in [5, 5.41) is 5.49. The van der Waals surface area contributed by atoms with Crippen LogP contribution in [0, 0.1) is 0 Å². The van der Waals surface area contributed by atoms with E-state index in [4.69, 9.17) is 9.72 Å². The lowest BCUT2D eigenvalue weighted by atomic mass is 9.93. The molecule has 10 heteroatoms.